The van der Waals surface area contributed by atoms with Crippen molar-refractivity contribution in [2.45, 2.75) is 29.4 Å². The van der Waals surface area contributed by atoms with E-state index in [1.54, 1.807) is 6.33 Å². The first kappa shape index (κ1) is 20.9. The van der Waals surface area contributed by atoms with Crippen molar-refractivity contribution in [1.82, 2.24) is 24.4 Å². The van der Waals surface area contributed by atoms with Crippen LogP contribution in [0.1, 0.15) is 12.8 Å². The summed E-state index contributed by atoms with van der Waals surface area (Å²) in [5.41, 5.74) is 7.83. The van der Waals surface area contributed by atoms with Gasteiger partial charge in [-0.15, -0.1) is 0 Å². The Balaban J connectivity index is 1.37. The van der Waals surface area contributed by atoms with E-state index in [-0.39, 0.29) is 6.79 Å². The van der Waals surface area contributed by atoms with Gasteiger partial charge in [0, 0.05) is 29.0 Å². The van der Waals surface area contributed by atoms with Gasteiger partial charge in [-0.25, -0.2) is 19.7 Å². The first-order valence-corrected chi connectivity index (χ1v) is 11.5. The number of anilines is 1. The number of nitrogen functional groups attached to an aromatic ring is 1. The van der Waals surface area contributed by atoms with E-state index in [2.05, 4.69) is 37.0 Å². The predicted molar refractivity (Wildman–Crippen MR) is 120 cm³/mol. The van der Waals surface area contributed by atoms with E-state index in [4.69, 9.17) is 20.3 Å². The van der Waals surface area contributed by atoms with Crippen LogP contribution in [0.3, 0.4) is 0 Å². The number of allylic oxidation sites excluding steroid dienone is 1. The van der Waals surface area contributed by atoms with Crippen molar-refractivity contribution >= 4 is 39.6 Å². The molecule has 4 aliphatic rings. The SMILES string of the molecule is Nc1ncn(CC=C2CCN(C(=O)O)CC2)c2nc(Sc3cc4c(cc3Br)OCO4)nc1-2. The summed E-state index contributed by atoms with van der Waals surface area (Å²) in [6.45, 7) is 1.80. The largest absolute Gasteiger partial charge is 0.465 e. The minimum Gasteiger partial charge on any atom is -0.465 e. The zero-order chi connectivity index (χ0) is 22.2. The molecule has 166 valence electrons. The number of aromatic nitrogens is 4. The molecule has 1 saturated heterocycles. The van der Waals surface area contributed by atoms with E-state index in [9.17, 15) is 4.79 Å². The maximum absolute atomic E-state index is 11.1. The third-order valence-electron chi connectivity index (χ3n) is 5.35. The van der Waals surface area contributed by atoms with Crippen molar-refractivity contribution in [1.29, 1.82) is 0 Å². The van der Waals surface area contributed by atoms with Gasteiger partial charge in [-0.3, -0.25) is 0 Å². The summed E-state index contributed by atoms with van der Waals surface area (Å²) in [7, 11) is 0. The molecule has 1 aromatic rings. The van der Waals surface area contributed by atoms with Gasteiger partial charge >= 0.3 is 6.09 Å². The van der Waals surface area contributed by atoms with E-state index in [1.165, 1.54) is 22.2 Å². The Morgan fingerprint density at radius 2 is 2.00 bits per heavy atom. The molecular weight excluding hydrogens is 500 g/mol. The fourth-order valence-electron chi connectivity index (χ4n) is 3.61. The topological polar surface area (TPSA) is 129 Å². The van der Waals surface area contributed by atoms with Crippen LogP contribution < -0.4 is 15.2 Å². The number of rotatable bonds is 4. The summed E-state index contributed by atoms with van der Waals surface area (Å²) in [6.07, 6.45) is 4.34. The van der Waals surface area contributed by atoms with Crippen LogP contribution in [-0.4, -0.2) is 55.5 Å². The number of halogens is 1. The van der Waals surface area contributed by atoms with Crippen molar-refractivity contribution < 1.29 is 19.4 Å². The molecule has 4 heterocycles. The van der Waals surface area contributed by atoms with Crippen molar-refractivity contribution in [3.63, 3.8) is 0 Å². The molecule has 12 heteroatoms. The Labute approximate surface area is 195 Å². The highest BCUT2D eigenvalue weighted by Crippen LogP contribution is 2.43. The Kier molecular flexibility index (Phi) is 5.55. The van der Waals surface area contributed by atoms with Gasteiger partial charge in [0.1, 0.15) is 0 Å². The van der Waals surface area contributed by atoms with Crippen LogP contribution >= 0.6 is 27.7 Å². The molecule has 0 saturated carbocycles. The molecule has 0 spiro atoms. The molecule has 0 unspecified atom stereocenters. The second-order valence-corrected chi connectivity index (χ2v) is 9.19. The first-order chi connectivity index (χ1) is 15.5. The molecule has 1 fully saturated rings. The fourth-order valence-corrected chi connectivity index (χ4v) is 4.96. The van der Waals surface area contributed by atoms with Gasteiger partial charge in [-0.2, -0.15) is 0 Å². The highest BCUT2D eigenvalue weighted by Gasteiger charge is 2.22. The molecule has 0 atom stereocenters. The highest BCUT2D eigenvalue weighted by atomic mass is 79.9. The minimum absolute atomic E-state index is 0.207. The lowest BCUT2D eigenvalue weighted by molar-refractivity contribution is 0.141. The maximum atomic E-state index is 11.1. The van der Waals surface area contributed by atoms with Gasteiger partial charge in [-0.1, -0.05) is 11.6 Å². The maximum Gasteiger partial charge on any atom is 0.407 e. The van der Waals surface area contributed by atoms with Crippen LogP contribution in [0.5, 0.6) is 11.5 Å². The predicted octanol–water partition coefficient (Wildman–Crippen LogP) is 3.70. The normalized spacial score (nSPS) is 15.4. The van der Waals surface area contributed by atoms with Crippen LogP contribution in [0.25, 0.3) is 11.5 Å². The summed E-state index contributed by atoms with van der Waals surface area (Å²) in [5.74, 6) is 2.35. The molecule has 0 radical (unpaired) electrons. The van der Waals surface area contributed by atoms with Gasteiger partial charge < -0.3 is 29.8 Å². The molecule has 4 aliphatic heterocycles. The summed E-state index contributed by atoms with van der Waals surface area (Å²) < 4.78 is 13.6. The zero-order valence-corrected chi connectivity index (χ0v) is 19.2. The highest BCUT2D eigenvalue weighted by molar-refractivity contribution is 9.10. The standard InChI is InChI=1S/C20H19BrN6O4S/c21-12-7-13-14(31-10-30-13)8-15(12)32-19-24-16-17(22)23-9-27(18(16)25-19)6-3-11-1-4-26(5-2-11)20(28)29/h3,7-9H,1-2,4-6,10,22H2,(H,28,29). The van der Waals surface area contributed by atoms with E-state index < -0.39 is 6.09 Å². The molecule has 0 aliphatic carbocycles. The Bertz CT molecular complexity index is 1190. The lowest BCUT2D eigenvalue weighted by Gasteiger charge is -2.25. The molecule has 3 N–H and O–H groups in total. The van der Waals surface area contributed by atoms with Gasteiger partial charge in [-0.05, 0) is 52.7 Å². The van der Waals surface area contributed by atoms with E-state index in [0.717, 1.165) is 22.2 Å². The quantitative estimate of drug-likeness (QED) is 0.496. The number of hydrogen-bond donors (Lipinski definition) is 2. The van der Waals surface area contributed by atoms with Crippen molar-refractivity contribution in [3.05, 3.63) is 34.6 Å². The summed E-state index contributed by atoms with van der Waals surface area (Å²) in [5, 5.41) is 9.65. The Morgan fingerprint density at radius 1 is 1.25 bits per heavy atom. The summed E-state index contributed by atoms with van der Waals surface area (Å²) >= 11 is 4.95. The molecule has 1 aromatic carbocycles. The molecule has 0 aromatic heterocycles. The second-order valence-electron chi connectivity index (χ2n) is 7.33. The number of benzene rings is 1. The third kappa shape index (κ3) is 4.07. The van der Waals surface area contributed by atoms with E-state index in [0.29, 0.717) is 53.6 Å². The van der Waals surface area contributed by atoms with Gasteiger partial charge in [0.15, 0.2) is 34.0 Å². The van der Waals surface area contributed by atoms with Crippen molar-refractivity contribution in [2.75, 3.05) is 25.6 Å². The summed E-state index contributed by atoms with van der Waals surface area (Å²) in [6, 6.07) is 3.76. The Morgan fingerprint density at radius 3 is 2.75 bits per heavy atom. The second kappa shape index (κ2) is 8.51. The van der Waals surface area contributed by atoms with Gasteiger partial charge in [0.2, 0.25) is 6.79 Å². The molecule has 0 bridgehead atoms. The lowest BCUT2D eigenvalue weighted by Crippen LogP contribution is -2.35. The number of imidazole rings is 1. The number of carboxylic acid groups (broad SMARTS) is 1. The molecule has 10 nitrogen and oxygen atoms in total. The average molecular weight is 519 g/mol. The number of amides is 1. The number of nitrogens with two attached hydrogens (primary N) is 1. The van der Waals surface area contributed by atoms with Crippen molar-refractivity contribution in [2.24, 2.45) is 0 Å². The molecule has 5 rings (SSSR count). The van der Waals surface area contributed by atoms with Crippen molar-refractivity contribution in [3.8, 4) is 23.0 Å². The number of ether oxygens (including phenoxy) is 2. The average Bonchev–Trinajstić information content (AvgIpc) is 3.41. The molecular formula is C20H19BrN6O4S. The van der Waals surface area contributed by atoms with Gasteiger partial charge in [0.05, 0.1) is 6.33 Å². The number of fused-ring (bicyclic) bond motifs is 2. The third-order valence-corrected chi connectivity index (χ3v) is 7.19. The lowest BCUT2D eigenvalue weighted by atomic mass is 10.0. The number of nitrogens with zero attached hydrogens (tertiary/aromatic N) is 5. The van der Waals surface area contributed by atoms with Crippen LogP contribution in [0.2, 0.25) is 0 Å². The summed E-state index contributed by atoms with van der Waals surface area (Å²) in [4.78, 5) is 26.9. The number of hydrogen-bond acceptors (Lipinski definition) is 8. The monoisotopic (exact) mass is 518 g/mol. The van der Waals surface area contributed by atoms with Crippen LogP contribution in [0, 0.1) is 0 Å². The molecule has 32 heavy (non-hydrogen) atoms. The molecule has 1 amide bonds. The number of carbonyl (C=O) groups is 1. The van der Waals surface area contributed by atoms with Crippen LogP contribution in [0.15, 0.2) is 44.6 Å². The zero-order valence-electron chi connectivity index (χ0n) is 16.8. The van der Waals surface area contributed by atoms with Gasteiger partial charge in [0.25, 0.3) is 0 Å². The van der Waals surface area contributed by atoms with Crippen LogP contribution in [0.4, 0.5) is 10.6 Å². The number of piperidine rings is 1. The van der Waals surface area contributed by atoms with E-state index in [1.807, 2.05) is 16.7 Å². The smallest absolute Gasteiger partial charge is 0.407 e. The first-order valence-electron chi connectivity index (χ1n) is 9.89. The fraction of sp³-hybridized carbons (Fsp3) is 0.300. The van der Waals surface area contributed by atoms with E-state index >= 15 is 0 Å². The minimum atomic E-state index is -0.867. The van der Waals surface area contributed by atoms with Crippen LogP contribution in [-0.2, 0) is 6.54 Å². The number of likely N-dealkylation sites (tertiary alicyclic amines) is 1. The Hall–Kier alpha value is -2.99.